The lowest BCUT2D eigenvalue weighted by atomic mass is 10.2. The summed E-state index contributed by atoms with van der Waals surface area (Å²) in [6.07, 6.45) is 1.47. The molecule has 5 nitrogen and oxygen atoms in total. The fraction of sp³-hybridized carbons (Fsp3) is 0.0476. The first-order valence-corrected chi connectivity index (χ1v) is 9.45. The number of hydrogen-bond acceptors (Lipinski definition) is 4. The number of fused-ring (bicyclic) bond motifs is 1. The van der Waals surface area contributed by atoms with E-state index in [4.69, 9.17) is 20.8 Å². The van der Waals surface area contributed by atoms with Crippen LogP contribution in [0.1, 0.15) is 20.9 Å². The first-order valence-electron chi connectivity index (χ1n) is 8.28. The molecule has 0 unspecified atom stereocenters. The van der Waals surface area contributed by atoms with E-state index in [1.807, 2.05) is 6.07 Å². The van der Waals surface area contributed by atoms with Crippen LogP contribution in [0, 0.1) is 0 Å². The minimum Gasteiger partial charge on any atom is -0.465 e. The van der Waals surface area contributed by atoms with Crippen molar-refractivity contribution in [2.75, 3.05) is 7.11 Å². The molecule has 28 heavy (non-hydrogen) atoms. The van der Waals surface area contributed by atoms with Gasteiger partial charge in [0.05, 0.1) is 23.2 Å². The zero-order valence-electron chi connectivity index (χ0n) is 14.6. The Bertz CT molecular complexity index is 1220. The van der Waals surface area contributed by atoms with Crippen LogP contribution in [0.15, 0.2) is 69.7 Å². The fourth-order valence-electron chi connectivity index (χ4n) is 3.03. The van der Waals surface area contributed by atoms with Gasteiger partial charge in [0.2, 0.25) is 0 Å². The monoisotopic (exact) mass is 457 g/mol. The van der Waals surface area contributed by atoms with Gasteiger partial charge in [-0.25, -0.2) is 4.79 Å². The quantitative estimate of drug-likeness (QED) is 0.364. The molecular formula is C21H13BrClNO4. The number of halogens is 2. The van der Waals surface area contributed by atoms with E-state index in [1.165, 1.54) is 17.9 Å². The first kappa shape index (κ1) is 18.5. The molecule has 0 aliphatic heterocycles. The molecule has 0 fully saturated rings. The molecule has 2 aromatic carbocycles. The van der Waals surface area contributed by atoms with Gasteiger partial charge in [0.1, 0.15) is 5.76 Å². The molecule has 0 saturated heterocycles. The highest BCUT2D eigenvalue weighted by molar-refractivity contribution is 9.10. The van der Waals surface area contributed by atoms with Crippen LogP contribution in [0.25, 0.3) is 22.2 Å². The average molecular weight is 459 g/mol. The Kier molecular flexibility index (Phi) is 4.83. The largest absolute Gasteiger partial charge is 0.465 e. The molecule has 2 aromatic heterocycles. The second-order valence-corrected chi connectivity index (χ2v) is 7.34. The van der Waals surface area contributed by atoms with Crippen LogP contribution in [0.4, 0.5) is 0 Å². The summed E-state index contributed by atoms with van der Waals surface area (Å²) in [5, 5.41) is 1.13. The molecule has 4 aromatic rings. The lowest BCUT2D eigenvalue weighted by Crippen LogP contribution is -2.10. The van der Waals surface area contributed by atoms with Crippen LogP contribution >= 0.6 is 27.5 Å². The molecule has 0 bridgehead atoms. The number of methoxy groups -OCH3 is 1. The minimum absolute atomic E-state index is 0.131. The summed E-state index contributed by atoms with van der Waals surface area (Å²) in [4.78, 5) is 25.1. The van der Waals surface area contributed by atoms with Gasteiger partial charge >= 0.3 is 5.97 Å². The number of ether oxygens (including phenoxy) is 1. The Labute approximate surface area is 173 Å². The van der Waals surface area contributed by atoms with Crippen molar-refractivity contribution in [3.8, 4) is 11.3 Å². The van der Waals surface area contributed by atoms with Crippen molar-refractivity contribution in [3.05, 3.63) is 81.6 Å². The lowest BCUT2D eigenvalue weighted by Gasteiger charge is -2.03. The van der Waals surface area contributed by atoms with Crippen LogP contribution in [0.5, 0.6) is 0 Å². The third-order valence-electron chi connectivity index (χ3n) is 4.35. The van der Waals surface area contributed by atoms with Crippen LogP contribution in [0.2, 0.25) is 5.02 Å². The minimum atomic E-state index is -0.510. The number of hydrogen-bond donors (Lipinski definition) is 0. The smallest absolute Gasteiger partial charge is 0.340 e. The number of esters is 1. The standard InChI is InChI=1S/C21H13BrClNO4/c1-27-21(26)15-11-24(17-5-3-2-4-13(15)17)20(25)19-9-8-18(28-19)14-7-6-12(22)10-16(14)23/h2-11H,1H3. The topological polar surface area (TPSA) is 61.4 Å². The average Bonchev–Trinajstić information content (AvgIpc) is 3.32. The van der Waals surface area contributed by atoms with E-state index in [1.54, 1.807) is 48.5 Å². The van der Waals surface area contributed by atoms with Gasteiger partial charge < -0.3 is 9.15 Å². The van der Waals surface area contributed by atoms with Gasteiger partial charge in [-0.2, -0.15) is 0 Å². The van der Waals surface area contributed by atoms with Crippen molar-refractivity contribution in [2.45, 2.75) is 0 Å². The maximum absolute atomic E-state index is 13.0. The molecule has 140 valence electrons. The van der Waals surface area contributed by atoms with Crippen LogP contribution in [-0.2, 0) is 4.74 Å². The van der Waals surface area contributed by atoms with Crippen molar-refractivity contribution < 1.29 is 18.7 Å². The maximum Gasteiger partial charge on any atom is 0.340 e. The van der Waals surface area contributed by atoms with Crippen LogP contribution in [-0.4, -0.2) is 23.6 Å². The highest BCUT2D eigenvalue weighted by atomic mass is 79.9. The van der Waals surface area contributed by atoms with E-state index in [0.29, 0.717) is 32.8 Å². The molecule has 7 heteroatoms. The molecule has 2 heterocycles. The van der Waals surface area contributed by atoms with E-state index in [9.17, 15) is 9.59 Å². The zero-order valence-corrected chi connectivity index (χ0v) is 17.0. The van der Waals surface area contributed by atoms with Gasteiger partial charge in [-0.3, -0.25) is 9.36 Å². The van der Waals surface area contributed by atoms with Crippen molar-refractivity contribution in [2.24, 2.45) is 0 Å². The predicted molar refractivity (Wildman–Crippen MR) is 110 cm³/mol. The van der Waals surface area contributed by atoms with Crippen LogP contribution in [0.3, 0.4) is 0 Å². The summed E-state index contributed by atoms with van der Waals surface area (Å²) in [5.74, 6) is -0.299. The van der Waals surface area contributed by atoms with Gasteiger partial charge in [-0.1, -0.05) is 45.7 Å². The van der Waals surface area contributed by atoms with Crippen molar-refractivity contribution >= 4 is 50.3 Å². The molecule has 0 radical (unpaired) electrons. The van der Waals surface area contributed by atoms with Gasteiger partial charge in [0.25, 0.3) is 5.91 Å². The van der Waals surface area contributed by atoms with E-state index in [-0.39, 0.29) is 5.76 Å². The van der Waals surface area contributed by atoms with E-state index in [2.05, 4.69) is 15.9 Å². The molecule has 0 spiro atoms. The number of benzene rings is 2. The van der Waals surface area contributed by atoms with Crippen molar-refractivity contribution in [1.29, 1.82) is 0 Å². The number of aromatic nitrogens is 1. The summed E-state index contributed by atoms with van der Waals surface area (Å²) >= 11 is 9.63. The van der Waals surface area contributed by atoms with Gasteiger partial charge in [-0.15, -0.1) is 0 Å². The van der Waals surface area contributed by atoms with E-state index in [0.717, 1.165) is 4.47 Å². The first-order chi connectivity index (χ1) is 13.5. The number of carbonyl (C=O) groups is 2. The maximum atomic E-state index is 13.0. The molecule has 0 saturated carbocycles. The normalized spacial score (nSPS) is 11.0. The number of para-hydroxylation sites is 1. The molecule has 0 aliphatic carbocycles. The number of rotatable bonds is 3. The zero-order chi connectivity index (χ0) is 19.8. The molecule has 0 amide bonds. The Balaban J connectivity index is 1.77. The van der Waals surface area contributed by atoms with Crippen LogP contribution < -0.4 is 0 Å². The Morgan fingerprint density at radius 2 is 1.89 bits per heavy atom. The van der Waals surface area contributed by atoms with Crippen molar-refractivity contribution in [1.82, 2.24) is 4.57 Å². The van der Waals surface area contributed by atoms with Gasteiger partial charge in [0.15, 0.2) is 5.76 Å². The second kappa shape index (κ2) is 7.30. The van der Waals surface area contributed by atoms with Gasteiger partial charge in [-0.05, 0) is 36.4 Å². The summed E-state index contributed by atoms with van der Waals surface area (Å²) in [6, 6.07) is 15.8. The molecule has 4 rings (SSSR count). The predicted octanol–water partition coefficient (Wildman–Crippen LogP) is 5.79. The number of carbonyl (C=O) groups excluding carboxylic acids is 2. The third kappa shape index (κ3) is 3.15. The molecule has 0 N–H and O–H groups in total. The third-order valence-corrected chi connectivity index (χ3v) is 5.16. The highest BCUT2D eigenvalue weighted by Gasteiger charge is 2.22. The Hall–Kier alpha value is -2.83. The summed E-state index contributed by atoms with van der Waals surface area (Å²) < 4.78 is 12.8. The second-order valence-electron chi connectivity index (χ2n) is 6.01. The number of furan rings is 1. The van der Waals surface area contributed by atoms with Crippen molar-refractivity contribution in [3.63, 3.8) is 0 Å². The SMILES string of the molecule is COC(=O)c1cn(C(=O)c2ccc(-c3ccc(Br)cc3Cl)o2)c2ccccc12. The van der Waals surface area contributed by atoms with E-state index < -0.39 is 11.9 Å². The Morgan fingerprint density at radius 3 is 2.64 bits per heavy atom. The number of nitrogens with zero attached hydrogens (tertiary/aromatic N) is 1. The molecule has 0 aliphatic rings. The lowest BCUT2D eigenvalue weighted by molar-refractivity contribution is 0.0603. The summed E-state index contributed by atoms with van der Waals surface area (Å²) in [6.45, 7) is 0. The molecule has 0 atom stereocenters. The molecular weight excluding hydrogens is 446 g/mol. The summed E-state index contributed by atoms with van der Waals surface area (Å²) in [5.41, 5.74) is 1.58. The highest BCUT2D eigenvalue weighted by Crippen LogP contribution is 2.32. The van der Waals surface area contributed by atoms with E-state index >= 15 is 0 Å². The summed E-state index contributed by atoms with van der Waals surface area (Å²) in [7, 11) is 1.30. The fourth-order valence-corrected chi connectivity index (χ4v) is 3.79. The Morgan fingerprint density at radius 1 is 1.11 bits per heavy atom. The van der Waals surface area contributed by atoms with Gasteiger partial charge in [0, 0.05) is 21.6 Å².